The van der Waals surface area contributed by atoms with Crippen LogP contribution in [0.4, 0.5) is 5.69 Å². The lowest BCUT2D eigenvalue weighted by Crippen LogP contribution is -2.29. The van der Waals surface area contributed by atoms with E-state index in [-0.39, 0.29) is 6.10 Å². The first-order valence-electron chi connectivity index (χ1n) is 9.05. The molecule has 1 aliphatic carbocycles. The third-order valence-corrected chi connectivity index (χ3v) is 5.41. The molecule has 124 valence electrons. The van der Waals surface area contributed by atoms with Gasteiger partial charge in [0.25, 0.3) is 0 Å². The van der Waals surface area contributed by atoms with E-state index < -0.39 is 0 Å². The first-order chi connectivity index (χ1) is 11.8. The molecule has 1 heterocycles. The van der Waals surface area contributed by atoms with Crippen molar-refractivity contribution in [1.29, 1.82) is 0 Å². The molecule has 2 aromatic carbocycles. The minimum Gasteiger partial charge on any atom is -0.491 e. The molecule has 0 spiro atoms. The molecule has 24 heavy (non-hydrogen) atoms. The molecule has 0 saturated carbocycles. The third kappa shape index (κ3) is 2.71. The van der Waals surface area contributed by atoms with E-state index in [1.54, 1.807) is 0 Å². The van der Waals surface area contributed by atoms with Gasteiger partial charge in [0.2, 0.25) is 0 Å². The zero-order valence-electron chi connectivity index (χ0n) is 14.4. The van der Waals surface area contributed by atoms with Gasteiger partial charge in [-0.3, -0.25) is 0 Å². The maximum atomic E-state index is 6.04. The molecule has 4 atom stereocenters. The van der Waals surface area contributed by atoms with Crippen molar-refractivity contribution in [2.24, 2.45) is 5.92 Å². The number of anilines is 1. The van der Waals surface area contributed by atoms with E-state index in [1.807, 2.05) is 0 Å². The molecule has 2 aromatic rings. The molecule has 0 fully saturated rings. The molecule has 1 N–H and O–H groups in total. The minimum atomic E-state index is 0.256. The van der Waals surface area contributed by atoms with Crippen molar-refractivity contribution >= 4 is 5.69 Å². The summed E-state index contributed by atoms with van der Waals surface area (Å²) >= 11 is 0. The van der Waals surface area contributed by atoms with E-state index in [1.165, 1.54) is 16.8 Å². The van der Waals surface area contributed by atoms with Gasteiger partial charge in [-0.15, -0.1) is 0 Å². The predicted molar refractivity (Wildman–Crippen MR) is 99.6 cm³/mol. The summed E-state index contributed by atoms with van der Waals surface area (Å²) in [7, 11) is 0. The van der Waals surface area contributed by atoms with Crippen molar-refractivity contribution in [3.63, 3.8) is 0 Å². The second-order valence-electron chi connectivity index (χ2n) is 6.97. The molecule has 2 nitrogen and oxygen atoms in total. The van der Waals surface area contributed by atoms with Crippen molar-refractivity contribution in [3.05, 3.63) is 71.8 Å². The number of nitrogens with one attached hydrogen (secondary N) is 1. The molecule has 0 amide bonds. The van der Waals surface area contributed by atoms with Gasteiger partial charge < -0.3 is 10.1 Å². The molecule has 0 aromatic heterocycles. The van der Waals surface area contributed by atoms with Crippen molar-refractivity contribution in [1.82, 2.24) is 0 Å². The summed E-state index contributed by atoms with van der Waals surface area (Å²) in [5.74, 6) is 2.05. The molecule has 2 heteroatoms. The van der Waals surface area contributed by atoms with Crippen molar-refractivity contribution in [2.45, 2.75) is 44.8 Å². The Labute approximate surface area is 144 Å². The van der Waals surface area contributed by atoms with E-state index in [4.69, 9.17) is 4.74 Å². The van der Waals surface area contributed by atoms with Crippen LogP contribution in [0.5, 0.6) is 5.75 Å². The first kappa shape index (κ1) is 15.3. The second-order valence-corrected chi connectivity index (χ2v) is 6.97. The van der Waals surface area contributed by atoms with Gasteiger partial charge in [-0.25, -0.2) is 0 Å². The number of hydrogen-bond donors (Lipinski definition) is 1. The first-order valence-corrected chi connectivity index (χ1v) is 9.05. The van der Waals surface area contributed by atoms with E-state index in [9.17, 15) is 0 Å². The fourth-order valence-corrected chi connectivity index (χ4v) is 3.95. The van der Waals surface area contributed by atoms with Crippen LogP contribution in [-0.2, 0) is 0 Å². The van der Waals surface area contributed by atoms with Crippen LogP contribution < -0.4 is 10.1 Å². The Morgan fingerprint density at radius 2 is 2.00 bits per heavy atom. The molecule has 4 unspecified atom stereocenters. The summed E-state index contributed by atoms with van der Waals surface area (Å²) in [6.07, 6.45) is 7.13. The van der Waals surface area contributed by atoms with Crippen LogP contribution in [-0.4, -0.2) is 6.10 Å². The second kappa shape index (κ2) is 6.35. The molecule has 0 radical (unpaired) electrons. The van der Waals surface area contributed by atoms with Crippen molar-refractivity contribution < 1.29 is 4.74 Å². The number of ether oxygens (including phenoxy) is 1. The molecule has 2 aliphatic rings. The average Bonchev–Trinajstić information content (AvgIpc) is 3.12. The van der Waals surface area contributed by atoms with Crippen LogP contribution in [0.1, 0.15) is 49.8 Å². The van der Waals surface area contributed by atoms with E-state index >= 15 is 0 Å². The number of benzene rings is 2. The molecular formula is C22H25NO. The summed E-state index contributed by atoms with van der Waals surface area (Å²) in [4.78, 5) is 0. The van der Waals surface area contributed by atoms with Crippen LogP contribution in [0.3, 0.4) is 0 Å². The Bertz CT molecular complexity index is 737. The summed E-state index contributed by atoms with van der Waals surface area (Å²) in [5, 5.41) is 3.78. The van der Waals surface area contributed by atoms with Gasteiger partial charge in [0.05, 0.1) is 12.1 Å². The lowest BCUT2D eigenvalue weighted by Gasteiger charge is -2.37. The van der Waals surface area contributed by atoms with Gasteiger partial charge >= 0.3 is 0 Å². The monoisotopic (exact) mass is 319 g/mol. The molecular weight excluding hydrogens is 294 g/mol. The van der Waals surface area contributed by atoms with Crippen LogP contribution in [0.15, 0.2) is 60.7 Å². The summed E-state index contributed by atoms with van der Waals surface area (Å²) in [6.45, 7) is 4.28. The third-order valence-electron chi connectivity index (χ3n) is 5.41. The van der Waals surface area contributed by atoms with Gasteiger partial charge in [0.15, 0.2) is 0 Å². The van der Waals surface area contributed by atoms with Gasteiger partial charge in [0, 0.05) is 11.6 Å². The zero-order valence-corrected chi connectivity index (χ0v) is 14.4. The van der Waals surface area contributed by atoms with Gasteiger partial charge in [-0.2, -0.15) is 0 Å². The van der Waals surface area contributed by atoms with E-state index in [2.05, 4.69) is 79.8 Å². The van der Waals surface area contributed by atoms with Gasteiger partial charge in [-0.05, 0) is 55.0 Å². The standard InChI is InChI=1S/C22H25NO/c1-3-15(2)24-17-12-13-21-20(14-17)18-10-7-11-19(18)22(23-21)16-8-5-4-6-9-16/h4-10,12-15,18-19,22-23H,3,11H2,1-2H3. The fraction of sp³-hybridized carbons (Fsp3) is 0.364. The lowest BCUT2D eigenvalue weighted by atomic mass is 9.77. The van der Waals surface area contributed by atoms with Crippen molar-refractivity contribution in [2.75, 3.05) is 5.32 Å². The Balaban J connectivity index is 1.68. The summed E-state index contributed by atoms with van der Waals surface area (Å²) in [6, 6.07) is 17.7. The average molecular weight is 319 g/mol. The number of hydrogen-bond acceptors (Lipinski definition) is 2. The molecule has 0 bridgehead atoms. The Kier molecular flexibility index (Phi) is 4.05. The summed E-state index contributed by atoms with van der Waals surface area (Å²) in [5.41, 5.74) is 4.00. The highest BCUT2D eigenvalue weighted by Gasteiger charge is 2.37. The van der Waals surface area contributed by atoms with Crippen LogP contribution in [0.2, 0.25) is 0 Å². The van der Waals surface area contributed by atoms with Gasteiger partial charge in [0.1, 0.15) is 5.75 Å². The van der Waals surface area contributed by atoms with Gasteiger partial charge in [-0.1, -0.05) is 49.4 Å². The molecule has 0 saturated heterocycles. The van der Waals surface area contributed by atoms with Crippen LogP contribution in [0, 0.1) is 5.92 Å². The predicted octanol–water partition coefficient (Wildman–Crippen LogP) is 5.69. The van der Waals surface area contributed by atoms with Crippen LogP contribution in [0.25, 0.3) is 0 Å². The van der Waals surface area contributed by atoms with E-state index in [0.717, 1.165) is 18.6 Å². The summed E-state index contributed by atoms with van der Waals surface area (Å²) < 4.78 is 6.04. The highest BCUT2D eigenvalue weighted by molar-refractivity contribution is 5.61. The maximum absolute atomic E-state index is 6.04. The Morgan fingerprint density at radius 3 is 2.79 bits per heavy atom. The largest absolute Gasteiger partial charge is 0.491 e. The lowest BCUT2D eigenvalue weighted by molar-refractivity contribution is 0.217. The zero-order chi connectivity index (χ0) is 16.5. The minimum absolute atomic E-state index is 0.256. The highest BCUT2D eigenvalue weighted by Crippen LogP contribution is 2.50. The Hall–Kier alpha value is -2.22. The molecule has 1 aliphatic heterocycles. The quantitative estimate of drug-likeness (QED) is 0.731. The number of fused-ring (bicyclic) bond motifs is 3. The topological polar surface area (TPSA) is 21.3 Å². The SMILES string of the molecule is CCC(C)Oc1ccc2c(c1)C1C=CCC1C(c1ccccc1)N2. The number of rotatable bonds is 4. The van der Waals surface area contributed by atoms with Crippen LogP contribution >= 0.6 is 0 Å². The van der Waals surface area contributed by atoms with Crippen molar-refractivity contribution in [3.8, 4) is 5.75 Å². The number of allylic oxidation sites excluding steroid dienone is 2. The van der Waals surface area contributed by atoms with E-state index in [0.29, 0.717) is 17.9 Å². The molecule has 4 rings (SSSR count). The highest BCUT2D eigenvalue weighted by atomic mass is 16.5. The Morgan fingerprint density at radius 1 is 1.17 bits per heavy atom. The maximum Gasteiger partial charge on any atom is 0.120 e. The fourth-order valence-electron chi connectivity index (χ4n) is 3.95. The normalized spacial score (nSPS) is 25.5. The smallest absolute Gasteiger partial charge is 0.120 e.